The quantitative estimate of drug-likeness (QED) is 0.469. The predicted molar refractivity (Wildman–Crippen MR) is 121 cm³/mol. The molecule has 0 fully saturated rings. The summed E-state index contributed by atoms with van der Waals surface area (Å²) >= 11 is 7.41. The smallest absolute Gasteiger partial charge is 0.250 e. The molecule has 0 radical (unpaired) electrons. The zero-order valence-corrected chi connectivity index (χ0v) is 18.6. The van der Waals surface area contributed by atoms with E-state index >= 15 is 0 Å². The van der Waals surface area contributed by atoms with Crippen LogP contribution in [0.15, 0.2) is 53.7 Å². The molecule has 1 atom stereocenters. The van der Waals surface area contributed by atoms with Crippen molar-refractivity contribution in [1.82, 2.24) is 14.8 Å². The predicted octanol–water partition coefficient (Wildman–Crippen LogP) is 3.92. The Hall–Kier alpha value is -3.04. The van der Waals surface area contributed by atoms with Crippen molar-refractivity contribution in [3.63, 3.8) is 0 Å². The number of amides is 2. The normalized spacial score (nSPS) is 11.7. The third-order valence-corrected chi connectivity index (χ3v) is 5.64. The highest BCUT2D eigenvalue weighted by atomic mass is 35.5. The summed E-state index contributed by atoms with van der Waals surface area (Å²) < 4.78 is 7.83. The molecule has 10 heteroatoms. The molecular weight excluding hydrogens is 438 g/mol. The lowest BCUT2D eigenvalue weighted by molar-refractivity contribution is -0.113. The topological polar surface area (TPSA) is 112 Å². The van der Waals surface area contributed by atoms with Gasteiger partial charge in [0, 0.05) is 6.54 Å². The van der Waals surface area contributed by atoms with Crippen LogP contribution in [0.4, 0.5) is 5.69 Å². The SMILES string of the molecule is CCn1c(SCC(=O)Nc2ccccc2C(N)=O)nnc1C(C)Oc1ccccc1Cl. The van der Waals surface area contributed by atoms with Crippen molar-refractivity contribution in [3.05, 3.63) is 64.9 Å². The van der Waals surface area contributed by atoms with Gasteiger partial charge >= 0.3 is 0 Å². The van der Waals surface area contributed by atoms with Crippen LogP contribution in [0.25, 0.3) is 0 Å². The van der Waals surface area contributed by atoms with Crippen LogP contribution in [0.2, 0.25) is 5.02 Å². The van der Waals surface area contributed by atoms with E-state index in [1.807, 2.05) is 30.5 Å². The van der Waals surface area contributed by atoms with E-state index in [1.165, 1.54) is 11.8 Å². The summed E-state index contributed by atoms with van der Waals surface area (Å²) in [5.74, 6) is 0.386. The Balaban J connectivity index is 1.66. The van der Waals surface area contributed by atoms with E-state index in [9.17, 15) is 9.59 Å². The standard InChI is InChI=1S/C21H22ClN5O3S/c1-3-27-20(13(2)30-17-11-7-5-9-15(17)22)25-26-21(27)31-12-18(28)24-16-10-6-4-8-14(16)19(23)29/h4-11,13H,3,12H2,1-2H3,(H2,23,29)(H,24,28). The van der Waals surface area contributed by atoms with Gasteiger partial charge < -0.3 is 20.4 Å². The number of para-hydroxylation sites is 2. The van der Waals surface area contributed by atoms with E-state index in [2.05, 4.69) is 15.5 Å². The highest BCUT2D eigenvalue weighted by Crippen LogP contribution is 2.29. The maximum atomic E-state index is 12.4. The second-order valence-corrected chi connectivity index (χ2v) is 7.87. The Kier molecular flexibility index (Phi) is 7.54. The molecule has 0 spiro atoms. The molecule has 0 saturated carbocycles. The summed E-state index contributed by atoms with van der Waals surface area (Å²) in [6, 6.07) is 13.8. The molecule has 2 aromatic carbocycles. The van der Waals surface area contributed by atoms with Gasteiger partial charge in [0.05, 0.1) is 22.0 Å². The van der Waals surface area contributed by atoms with Gasteiger partial charge in [-0.05, 0) is 38.1 Å². The van der Waals surface area contributed by atoms with Crippen LogP contribution < -0.4 is 15.8 Å². The van der Waals surface area contributed by atoms with Crippen LogP contribution in [-0.2, 0) is 11.3 Å². The largest absolute Gasteiger partial charge is 0.481 e. The number of carbonyl (C=O) groups excluding carboxylic acids is 2. The number of carbonyl (C=O) groups is 2. The Bertz CT molecular complexity index is 1090. The first-order valence-electron chi connectivity index (χ1n) is 9.56. The molecule has 1 aromatic heterocycles. The van der Waals surface area contributed by atoms with Crippen LogP contribution in [0, 0.1) is 0 Å². The first-order chi connectivity index (χ1) is 14.9. The zero-order valence-electron chi connectivity index (χ0n) is 17.0. The van der Waals surface area contributed by atoms with Gasteiger partial charge in [-0.25, -0.2) is 0 Å². The number of benzene rings is 2. The van der Waals surface area contributed by atoms with Crippen LogP contribution in [-0.4, -0.2) is 32.3 Å². The van der Waals surface area contributed by atoms with Gasteiger partial charge in [-0.2, -0.15) is 0 Å². The number of nitrogens with one attached hydrogen (secondary N) is 1. The Morgan fingerprint density at radius 1 is 1.19 bits per heavy atom. The number of hydrogen-bond acceptors (Lipinski definition) is 6. The summed E-state index contributed by atoms with van der Waals surface area (Å²) in [4.78, 5) is 23.9. The molecule has 0 aliphatic carbocycles. The first kappa shape index (κ1) is 22.6. The summed E-state index contributed by atoms with van der Waals surface area (Å²) in [7, 11) is 0. The van der Waals surface area contributed by atoms with Gasteiger partial charge in [-0.15, -0.1) is 10.2 Å². The number of nitrogens with zero attached hydrogens (tertiary/aromatic N) is 3. The lowest BCUT2D eigenvalue weighted by Gasteiger charge is -2.16. The van der Waals surface area contributed by atoms with Crippen LogP contribution in [0.3, 0.4) is 0 Å². The molecule has 162 valence electrons. The molecule has 1 heterocycles. The summed E-state index contributed by atoms with van der Waals surface area (Å²) in [6.07, 6.45) is -0.391. The lowest BCUT2D eigenvalue weighted by atomic mass is 10.1. The van der Waals surface area contributed by atoms with Gasteiger partial charge in [0.15, 0.2) is 17.1 Å². The molecule has 1 unspecified atom stereocenters. The number of aromatic nitrogens is 3. The van der Waals surface area contributed by atoms with E-state index in [0.717, 1.165) is 0 Å². The maximum Gasteiger partial charge on any atom is 0.250 e. The highest BCUT2D eigenvalue weighted by Gasteiger charge is 2.20. The molecule has 3 aromatic rings. The van der Waals surface area contributed by atoms with E-state index in [-0.39, 0.29) is 17.2 Å². The number of thioether (sulfide) groups is 1. The van der Waals surface area contributed by atoms with Crippen molar-refractivity contribution >= 4 is 40.9 Å². The Labute approximate surface area is 189 Å². The number of primary amides is 1. The number of anilines is 1. The minimum Gasteiger partial charge on any atom is -0.481 e. The average Bonchev–Trinajstić information content (AvgIpc) is 3.17. The number of ether oxygens (including phenoxy) is 1. The van der Waals surface area contributed by atoms with Gasteiger partial charge in [-0.3, -0.25) is 9.59 Å². The van der Waals surface area contributed by atoms with E-state index in [0.29, 0.717) is 34.0 Å². The third kappa shape index (κ3) is 5.56. The molecule has 2 amide bonds. The maximum absolute atomic E-state index is 12.4. The molecule has 0 saturated heterocycles. The molecule has 3 rings (SSSR count). The first-order valence-corrected chi connectivity index (χ1v) is 10.9. The highest BCUT2D eigenvalue weighted by molar-refractivity contribution is 7.99. The van der Waals surface area contributed by atoms with Crippen LogP contribution >= 0.6 is 23.4 Å². The van der Waals surface area contributed by atoms with Crippen LogP contribution in [0.1, 0.15) is 36.1 Å². The number of halogens is 1. The van der Waals surface area contributed by atoms with Crippen molar-refractivity contribution in [2.24, 2.45) is 5.73 Å². The summed E-state index contributed by atoms with van der Waals surface area (Å²) in [5.41, 5.74) is 5.98. The zero-order chi connectivity index (χ0) is 22.4. The number of nitrogens with two attached hydrogens (primary N) is 1. The minimum absolute atomic E-state index is 0.0883. The second kappa shape index (κ2) is 10.3. The average molecular weight is 460 g/mol. The molecule has 31 heavy (non-hydrogen) atoms. The molecular formula is C21H22ClN5O3S. The molecule has 8 nitrogen and oxygen atoms in total. The Morgan fingerprint density at radius 2 is 1.90 bits per heavy atom. The monoisotopic (exact) mass is 459 g/mol. The fourth-order valence-electron chi connectivity index (χ4n) is 2.91. The summed E-state index contributed by atoms with van der Waals surface area (Å²) in [5, 5.41) is 12.3. The number of hydrogen-bond donors (Lipinski definition) is 2. The van der Waals surface area contributed by atoms with Gasteiger partial charge in [-0.1, -0.05) is 47.6 Å². The van der Waals surface area contributed by atoms with E-state index < -0.39 is 12.0 Å². The van der Waals surface area contributed by atoms with Crippen molar-refractivity contribution in [1.29, 1.82) is 0 Å². The van der Waals surface area contributed by atoms with Crippen LogP contribution in [0.5, 0.6) is 5.75 Å². The fraction of sp³-hybridized carbons (Fsp3) is 0.238. The van der Waals surface area contributed by atoms with E-state index in [1.54, 1.807) is 36.4 Å². The fourth-order valence-corrected chi connectivity index (χ4v) is 3.90. The molecule has 3 N–H and O–H groups in total. The molecule has 0 aliphatic heterocycles. The van der Waals surface area contributed by atoms with Crippen molar-refractivity contribution in [3.8, 4) is 5.75 Å². The second-order valence-electron chi connectivity index (χ2n) is 6.52. The minimum atomic E-state index is -0.605. The lowest BCUT2D eigenvalue weighted by Crippen LogP contribution is -2.19. The molecule has 0 bridgehead atoms. The third-order valence-electron chi connectivity index (χ3n) is 4.36. The summed E-state index contributed by atoms with van der Waals surface area (Å²) in [6.45, 7) is 4.43. The Morgan fingerprint density at radius 3 is 2.61 bits per heavy atom. The number of rotatable bonds is 9. The van der Waals surface area contributed by atoms with Crippen molar-refractivity contribution in [2.45, 2.75) is 31.7 Å². The molecule has 0 aliphatic rings. The van der Waals surface area contributed by atoms with Gasteiger partial charge in [0.2, 0.25) is 5.91 Å². The van der Waals surface area contributed by atoms with Gasteiger partial charge in [0.25, 0.3) is 5.91 Å². The van der Waals surface area contributed by atoms with Gasteiger partial charge in [0.1, 0.15) is 5.75 Å². The van der Waals surface area contributed by atoms with E-state index in [4.69, 9.17) is 22.1 Å². The van der Waals surface area contributed by atoms with Crippen molar-refractivity contribution < 1.29 is 14.3 Å². The van der Waals surface area contributed by atoms with Crippen molar-refractivity contribution in [2.75, 3.05) is 11.1 Å².